The minimum atomic E-state index is -4.86. The zero-order chi connectivity index (χ0) is 36.4. The third kappa shape index (κ3) is 26.0. The molecule has 48 heavy (non-hydrogen) atoms. The van der Waals surface area contributed by atoms with Crippen molar-refractivity contribution in [2.75, 3.05) is 39.6 Å². The highest BCUT2D eigenvalue weighted by atomic mass is 31.2. The van der Waals surface area contributed by atoms with Gasteiger partial charge in [0.05, 0.1) is 26.4 Å². The minimum absolute atomic E-state index is 0.0173. The van der Waals surface area contributed by atoms with Crippen LogP contribution in [0, 0.1) is 0 Å². The number of rotatable bonds is 30. The van der Waals surface area contributed by atoms with Gasteiger partial charge in [0.2, 0.25) is 0 Å². The van der Waals surface area contributed by atoms with E-state index in [0.29, 0.717) is 12.8 Å². The lowest BCUT2D eigenvalue weighted by atomic mass is 10.1. The van der Waals surface area contributed by atoms with Gasteiger partial charge in [0.15, 0.2) is 12.2 Å². The van der Waals surface area contributed by atoms with Crippen LogP contribution in [0.15, 0.2) is 0 Å². The summed E-state index contributed by atoms with van der Waals surface area (Å²) >= 11 is 0. The first-order valence-electron chi connectivity index (χ1n) is 16.3. The maximum absolute atomic E-state index is 12.3. The van der Waals surface area contributed by atoms with E-state index in [2.05, 4.69) is 4.52 Å². The smallest absolute Gasteiger partial charge is 0.462 e. The Balaban J connectivity index is 4.83. The molecule has 0 aliphatic carbocycles. The van der Waals surface area contributed by atoms with Gasteiger partial charge in [-0.25, -0.2) is 9.13 Å². The quantitative estimate of drug-likeness (QED) is 0.0403. The molecule has 0 aliphatic heterocycles. The molecule has 0 aromatic rings. The van der Waals surface area contributed by atoms with Crippen LogP contribution in [0.1, 0.15) is 105 Å². The fraction of sp³-hybridized carbons (Fsp3) is 0.862. The van der Waals surface area contributed by atoms with Crippen LogP contribution in [0.4, 0.5) is 0 Å². The van der Waals surface area contributed by atoms with E-state index < -0.39 is 97.5 Å². The number of phosphoric acid groups is 2. The topological polar surface area (TPSA) is 237 Å². The lowest BCUT2D eigenvalue weighted by Gasteiger charge is -2.21. The van der Waals surface area contributed by atoms with Gasteiger partial charge in [-0.1, -0.05) is 66.2 Å². The van der Waals surface area contributed by atoms with Crippen molar-refractivity contribution in [3.63, 3.8) is 0 Å². The summed E-state index contributed by atoms with van der Waals surface area (Å²) in [7, 11) is -9.72. The molecule has 0 spiro atoms. The molecule has 0 aromatic heterocycles. The van der Waals surface area contributed by atoms with Gasteiger partial charge in [-0.3, -0.25) is 37.3 Å². The number of esters is 4. The summed E-state index contributed by atoms with van der Waals surface area (Å²) in [6.45, 7) is 3.08. The highest BCUT2D eigenvalue weighted by Crippen LogP contribution is 2.45. The zero-order valence-corrected chi connectivity index (χ0v) is 30.2. The molecule has 282 valence electrons. The standard InChI is InChI=1S/C29H54O17P2/c1-5-9-11-13-15-28(33)40-20-24(45-27(32)8-4)21-43-47(35,36)41-17-23(30)18-42-48(37,38)44-22-25(19-39-26(31)7-3)46-29(34)16-14-12-10-6-2/h23-25,30H,5-22H2,1-4H3,(H,35,36)(H,37,38)/t23-,24-,25-/m1/s1. The Hall–Kier alpha value is -1.94. The summed E-state index contributed by atoms with van der Waals surface area (Å²) in [5.74, 6) is -2.41. The van der Waals surface area contributed by atoms with Crippen molar-refractivity contribution >= 4 is 39.5 Å². The van der Waals surface area contributed by atoms with E-state index in [1.54, 1.807) is 6.92 Å². The summed E-state index contributed by atoms with van der Waals surface area (Å²) in [6.07, 6.45) is 2.84. The monoisotopic (exact) mass is 736 g/mol. The Morgan fingerprint density at radius 1 is 0.521 bits per heavy atom. The molecule has 0 fully saturated rings. The number of aliphatic hydroxyl groups excluding tert-OH is 1. The molecule has 0 aromatic carbocycles. The number of ether oxygens (including phenoxy) is 4. The Kier molecular flexibility index (Phi) is 25.8. The Morgan fingerprint density at radius 2 is 0.917 bits per heavy atom. The number of hydrogen-bond acceptors (Lipinski definition) is 15. The van der Waals surface area contributed by atoms with Crippen molar-refractivity contribution in [1.29, 1.82) is 0 Å². The first-order chi connectivity index (χ1) is 22.7. The molecule has 19 heteroatoms. The van der Waals surface area contributed by atoms with Gasteiger partial charge in [-0.05, 0) is 12.8 Å². The van der Waals surface area contributed by atoms with E-state index in [4.69, 9.17) is 32.5 Å². The first-order valence-corrected chi connectivity index (χ1v) is 19.3. The van der Waals surface area contributed by atoms with Gasteiger partial charge in [0, 0.05) is 25.7 Å². The minimum Gasteiger partial charge on any atom is -0.462 e. The molecular formula is C29H54O17P2. The predicted octanol–water partition coefficient (Wildman–Crippen LogP) is 4.29. The first kappa shape index (κ1) is 46.1. The van der Waals surface area contributed by atoms with Gasteiger partial charge in [0.1, 0.15) is 19.3 Å². The van der Waals surface area contributed by atoms with Crippen LogP contribution in [0.3, 0.4) is 0 Å². The second-order valence-corrected chi connectivity index (χ2v) is 13.6. The van der Waals surface area contributed by atoms with Gasteiger partial charge in [-0.15, -0.1) is 0 Å². The average Bonchev–Trinajstić information content (AvgIpc) is 3.05. The Labute approximate surface area is 282 Å². The molecule has 3 N–H and O–H groups in total. The zero-order valence-electron chi connectivity index (χ0n) is 28.4. The number of carbonyl (C=O) groups excluding carboxylic acids is 4. The van der Waals surface area contributed by atoms with Crippen molar-refractivity contribution in [2.45, 2.75) is 123 Å². The molecule has 0 saturated heterocycles. The fourth-order valence-corrected chi connectivity index (χ4v) is 5.10. The van der Waals surface area contributed by atoms with Gasteiger partial charge in [-0.2, -0.15) is 0 Å². The van der Waals surface area contributed by atoms with Crippen molar-refractivity contribution in [3.05, 3.63) is 0 Å². The fourth-order valence-electron chi connectivity index (χ4n) is 3.52. The van der Waals surface area contributed by atoms with E-state index in [1.165, 1.54) is 6.92 Å². The van der Waals surface area contributed by atoms with Crippen molar-refractivity contribution in [2.24, 2.45) is 0 Å². The number of hydrogen-bond donors (Lipinski definition) is 3. The number of unbranched alkanes of at least 4 members (excludes halogenated alkanes) is 6. The van der Waals surface area contributed by atoms with Crippen LogP contribution in [0.5, 0.6) is 0 Å². The second kappa shape index (κ2) is 26.9. The van der Waals surface area contributed by atoms with E-state index >= 15 is 0 Å². The van der Waals surface area contributed by atoms with Crippen LogP contribution in [-0.4, -0.2) is 96.7 Å². The summed E-state index contributed by atoms with van der Waals surface area (Å²) in [6, 6.07) is 0. The number of phosphoric ester groups is 2. The predicted molar refractivity (Wildman–Crippen MR) is 169 cm³/mol. The molecule has 0 radical (unpaired) electrons. The molecule has 0 amide bonds. The van der Waals surface area contributed by atoms with E-state index in [1.807, 2.05) is 13.8 Å². The highest BCUT2D eigenvalue weighted by molar-refractivity contribution is 7.47. The van der Waals surface area contributed by atoms with Crippen molar-refractivity contribution in [3.8, 4) is 0 Å². The largest absolute Gasteiger partial charge is 0.472 e. The van der Waals surface area contributed by atoms with Crippen molar-refractivity contribution in [1.82, 2.24) is 0 Å². The summed E-state index contributed by atoms with van der Waals surface area (Å²) in [4.78, 5) is 67.4. The molecule has 0 heterocycles. The molecule has 0 aliphatic rings. The normalized spacial score (nSPS) is 15.7. The maximum Gasteiger partial charge on any atom is 0.472 e. The molecule has 0 rings (SSSR count). The van der Waals surface area contributed by atoms with E-state index in [9.17, 15) is 43.2 Å². The number of aliphatic hydroxyl groups is 1. The van der Waals surface area contributed by atoms with Crippen LogP contribution < -0.4 is 0 Å². The number of carbonyl (C=O) groups is 4. The summed E-state index contributed by atoms with van der Waals surface area (Å²) in [5, 5.41) is 10.1. The van der Waals surface area contributed by atoms with Crippen LogP contribution in [-0.2, 0) is 65.4 Å². The van der Waals surface area contributed by atoms with Crippen LogP contribution >= 0.6 is 15.6 Å². The molecular weight excluding hydrogens is 682 g/mol. The van der Waals surface area contributed by atoms with Gasteiger partial charge < -0.3 is 33.8 Å². The summed E-state index contributed by atoms with van der Waals surface area (Å²) in [5.41, 5.74) is 0. The SMILES string of the molecule is CCCCCCC(=O)OC[C@H](COP(=O)(O)OC[C@@H](O)COP(=O)(O)OC[C@@H](COC(=O)CC)OC(=O)CCCCCC)OC(=O)CC. The Morgan fingerprint density at radius 3 is 1.35 bits per heavy atom. The molecule has 2 unspecified atom stereocenters. The highest BCUT2D eigenvalue weighted by Gasteiger charge is 2.30. The second-order valence-electron chi connectivity index (χ2n) is 10.7. The molecule has 0 saturated carbocycles. The van der Waals surface area contributed by atoms with Crippen LogP contribution in [0.2, 0.25) is 0 Å². The third-order valence-electron chi connectivity index (χ3n) is 6.21. The van der Waals surface area contributed by atoms with Gasteiger partial charge >= 0.3 is 39.5 Å². The maximum atomic E-state index is 12.3. The van der Waals surface area contributed by atoms with E-state index in [0.717, 1.165) is 38.5 Å². The lowest BCUT2D eigenvalue weighted by Crippen LogP contribution is -2.30. The van der Waals surface area contributed by atoms with Gasteiger partial charge in [0.25, 0.3) is 0 Å². The van der Waals surface area contributed by atoms with Crippen molar-refractivity contribution < 1.29 is 80.2 Å². The third-order valence-corrected chi connectivity index (χ3v) is 8.11. The average molecular weight is 737 g/mol. The molecule has 17 nitrogen and oxygen atoms in total. The molecule has 5 atom stereocenters. The van der Waals surface area contributed by atoms with Crippen LogP contribution in [0.25, 0.3) is 0 Å². The summed E-state index contributed by atoms with van der Waals surface area (Å²) < 4.78 is 64.0. The Bertz CT molecular complexity index is 1020. The van der Waals surface area contributed by atoms with E-state index in [-0.39, 0.29) is 25.7 Å². The molecule has 0 bridgehead atoms. The lowest BCUT2D eigenvalue weighted by molar-refractivity contribution is -0.161.